The van der Waals surface area contributed by atoms with Gasteiger partial charge in [-0.15, -0.1) is 0 Å². The molecule has 3 aliphatic rings. The van der Waals surface area contributed by atoms with E-state index in [1.54, 1.807) is 0 Å². The molecule has 1 aromatic heterocycles. The van der Waals surface area contributed by atoms with Crippen LogP contribution in [0.4, 0.5) is 0 Å². The van der Waals surface area contributed by atoms with E-state index in [0.717, 1.165) is 44.8 Å². The Morgan fingerprint density at radius 1 is 1.35 bits per heavy atom. The summed E-state index contributed by atoms with van der Waals surface area (Å²) in [5.41, 5.74) is 1.25. The molecule has 4 rings (SSSR count). The number of carbonyl (C=O) groups is 1. The van der Waals surface area contributed by atoms with Gasteiger partial charge in [0.2, 0.25) is 5.91 Å². The van der Waals surface area contributed by atoms with Crippen LogP contribution in [-0.2, 0) is 23.1 Å². The van der Waals surface area contributed by atoms with Crippen LogP contribution in [0.15, 0.2) is 12.4 Å². The monoisotopic (exact) mass is 318 g/mol. The summed E-state index contributed by atoms with van der Waals surface area (Å²) in [7, 11) is 1.95. The van der Waals surface area contributed by atoms with Gasteiger partial charge in [0.25, 0.3) is 0 Å². The van der Waals surface area contributed by atoms with Crippen LogP contribution in [0.1, 0.15) is 37.7 Å². The third-order valence-corrected chi connectivity index (χ3v) is 5.36. The van der Waals surface area contributed by atoms with E-state index in [2.05, 4.69) is 21.5 Å². The molecule has 6 nitrogen and oxygen atoms in total. The average molecular weight is 318 g/mol. The topological polar surface area (TPSA) is 59.4 Å². The van der Waals surface area contributed by atoms with Crippen LogP contribution in [0.3, 0.4) is 0 Å². The van der Waals surface area contributed by atoms with Crippen LogP contribution in [0.5, 0.6) is 0 Å². The number of aromatic nitrogens is 2. The molecular formula is C17H26N4O2. The third-order valence-electron chi connectivity index (χ3n) is 5.36. The molecule has 1 N–H and O–H groups in total. The molecular weight excluding hydrogens is 292 g/mol. The van der Waals surface area contributed by atoms with Crippen LogP contribution in [0.25, 0.3) is 0 Å². The van der Waals surface area contributed by atoms with Gasteiger partial charge in [-0.3, -0.25) is 14.4 Å². The maximum absolute atomic E-state index is 12.2. The Morgan fingerprint density at radius 2 is 2.22 bits per heavy atom. The predicted octanol–water partition coefficient (Wildman–Crippen LogP) is 1.07. The Labute approximate surface area is 137 Å². The van der Waals surface area contributed by atoms with E-state index in [9.17, 15) is 4.79 Å². The van der Waals surface area contributed by atoms with Crippen LogP contribution in [0, 0.1) is 5.92 Å². The molecule has 1 saturated carbocycles. The lowest BCUT2D eigenvalue weighted by Gasteiger charge is -2.35. The molecule has 2 aliphatic heterocycles. The number of aryl methyl sites for hydroxylation is 1. The number of carbonyl (C=O) groups excluding carboxylic acids is 1. The van der Waals surface area contributed by atoms with Crippen molar-refractivity contribution in [3.8, 4) is 0 Å². The fourth-order valence-electron chi connectivity index (χ4n) is 3.87. The zero-order chi connectivity index (χ0) is 15.8. The van der Waals surface area contributed by atoms with Gasteiger partial charge < -0.3 is 10.1 Å². The van der Waals surface area contributed by atoms with E-state index in [1.807, 2.05) is 17.9 Å². The standard InChI is InChI=1S/C17H26N4O2/c1-20-10-13(9-19-20)11-21-7-6-15-14(21)4-5-16(23-15)17(22)18-8-12-2-3-12/h9-10,12,14-16H,2-8,11H2,1H3,(H,18,22)/t14-,15-,16-/m1/s1. The first-order valence-electron chi connectivity index (χ1n) is 8.84. The molecule has 3 fully saturated rings. The SMILES string of the molecule is Cn1cc(CN2CC[C@H]3O[C@@H](C(=O)NCC4CC4)CC[C@H]32)cn1. The molecule has 2 saturated heterocycles. The minimum absolute atomic E-state index is 0.0982. The van der Waals surface area contributed by atoms with Gasteiger partial charge in [-0.1, -0.05) is 0 Å². The Bertz CT molecular complexity index is 569. The number of nitrogens with zero attached hydrogens (tertiary/aromatic N) is 3. The molecule has 0 bridgehead atoms. The van der Waals surface area contributed by atoms with Crippen molar-refractivity contribution in [2.75, 3.05) is 13.1 Å². The summed E-state index contributed by atoms with van der Waals surface area (Å²) in [5.74, 6) is 0.817. The van der Waals surface area contributed by atoms with Gasteiger partial charge in [0.05, 0.1) is 12.3 Å². The van der Waals surface area contributed by atoms with Crippen molar-refractivity contribution in [1.82, 2.24) is 20.0 Å². The first-order chi connectivity index (χ1) is 11.2. The Kier molecular flexibility index (Phi) is 4.11. The lowest BCUT2D eigenvalue weighted by Crippen LogP contribution is -2.47. The molecule has 1 aromatic rings. The second kappa shape index (κ2) is 6.24. The lowest BCUT2D eigenvalue weighted by molar-refractivity contribution is -0.144. The second-order valence-corrected chi connectivity index (χ2v) is 7.28. The largest absolute Gasteiger partial charge is 0.363 e. The molecule has 1 amide bonds. The van der Waals surface area contributed by atoms with Crippen molar-refractivity contribution < 1.29 is 9.53 Å². The van der Waals surface area contributed by atoms with Crippen molar-refractivity contribution >= 4 is 5.91 Å². The molecule has 3 heterocycles. The quantitative estimate of drug-likeness (QED) is 0.882. The Balaban J connectivity index is 1.30. The molecule has 23 heavy (non-hydrogen) atoms. The third kappa shape index (κ3) is 3.43. The minimum atomic E-state index is -0.242. The van der Waals surface area contributed by atoms with E-state index in [-0.39, 0.29) is 18.1 Å². The lowest BCUT2D eigenvalue weighted by atomic mass is 9.98. The normalized spacial score (nSPS) is 31.1. The zero-order valence-corrected chi connectivity index (χ0v) is 13.8. The van der Waals surface area contributed by atoms with E-state index in [4.69, 9.17) is 4.74 Å². The number of amides is 1. The molecule has 126 valence electrons. The summed E-state index contributed by atoms with van der Waals surface area (Å²) in [6.45, 7) is 2.80. The van der Waals surface area contributed by atoms with Crippen molar-refractivity contribution in [1.29, 1.82) is 0 Å². The Morgan fingerprint density at radius 3 is 2.96 bits per heavy atom. The molecule has 0 aromatic carbocycles. The fourth-order valence-corrected chi connectivity index (χ4v) is 3.87. The van der Waals surface area contributed by atoms with Gasteiger partial charge in [-0.2, -0.15) is 5.10 Å². The summed E-state index contributed by atoms with van der Waals surface area (Å²) in [6.07, 6.45) is 9.41. The number of hydrogen-bond donors (Lipinski definition) is 1. The molecule has 0 unspecified atom stereocenters. The van der Waals surface area contributed by atoms with Crippen molar-refractivity contribution in [2.45, 2.75) is 56.9 Å². The van der Waals surface area contributed by atoms with Gasteiger partial charge in [0, 0.05) is 44.5 Å². The summed E-state index contributed by atoms with van der Waals surface area (Å²) >= 11 is 0. The summed E-state index contributed by atoms with van der Waals surface area (Å²) in [4.78, 5) is 14.7. The van der Waals surface area contributed by atoms with Crippen molar-refractivity contribution in [3.63, 3.8) is 0 Å². The van der Waals surface area contributed by atoms with Crippen LogP contribution >= 0.6 is 0 Å². The number of hydrogen-bond acceptors (Lipinski definition) is 4. The highest BCUT2D eigenvalue weighted by Crippen LogP contribution is 2.33. The average Bonchev–Trinajstić information content (AvgIpc) is 3.18. The summed E-state index contributed by atoms with van der Waals surface area (Å²) in [5, 5.41) is 7.30. The molecule has 6 heteroatoms. The zero-order valence-electron chi connectivity index (χ0n) is 13.8. The number of ether oxygens (including phenoxy) is 1. The highest BCUT2D eigenvalue weighted by molar-refractivity contribution is 5.80. The first kappa shape index (κ1) is 15.1. The maximum Gasteiger partial charge on any atom is 0.249 e. The molecule has 3 atom stereocenters. The van der Waals surface area contributed by atoms with Crippen LogP contribution in [-0.4, -0.2) is 51.9 Å². The smallest absolute Gasteiger partial charge is 0.249 e. The molecule has 0 spiro atoms. The number of fused-ring (bicyclic) bond motifs is 1. The highest BCUT2D eigenvalue weighted by atomic mass is 16.5. The summed E-state index contributed by atoms with van der Waals surface area (Å²) in [6, 6.07) is 0.447. The number of nitrogens with one attached hydrogen (secondary N) is 1. The number of rotatable bonds is 5. The van der Waals surface area contributed by atoms with Gasteiger partial charge in [-0.05, 0) is 38.0 Å². The second-order valence-electron chi connectivity index (χ2n) is 7.28. The van der Waals surface area contributed by atoms with Gasteiger partial charge >= 0.3 is 0 Å². The van der Waals surface area contributed by atoms with E-state index in [0.29, 0.717) is 6.04 Å². The highest BCUT2D eigenvalue weighted by Gasteiger charge is 2.41. The minimum Gasteiger partial charge on any atom is -0.363 e. The fraction of sp³-hybridized carbons (Fsp3) is 0.765. The van der Waals surface area contributed by atoms with E-state index in [1.165, 1.54) is 18.4 Å². The maximum atomic E-state index is 12.2. The van der Waals surface area contributed by atoms with E-state index >= 15 is 0 Å². The van der Waals surface area contributed by atoms with E-state index < -0.39 is 0 Å². The van der Waals surface area contributed by atoms with Crippen molar-refractivity contribution in [2.24, 2.45) is 13.0 Å². The molecule has 1 aliphatic carbocycles. The Hall–Kier alpha value is -1.40. The molecule has 0 radical (unpaired) electrons. The van der Waals surface area contributed by atoms with Crippen molar-refractivity contribution in [3.05, 3.63) is 18.0 Å². The number of likely N-dealkylation sites (tertiary alicyclic amines) is 1. The van der Waals surface area contributed by atoms with Crippen LogP contribution in [0.2, 0.25) is 0 Å². The van der Waals surface area contributed by atoms with Gasteiger partial charge in [-0.25, -0.2) is 0 Å². The van der Waals surface area contributed by atoms with Gasteiger partial charge in [0.15, 0.2) is 0 Å². The first-order valence-corrected chi connectivity index (χ1v) is 8.84. The van der Waals surface area contributed by atoms with Gasteiger partial charge in [0.1, 0.15) is 6.10 Å². The predicted molar refractivity (Wildman–Crippen MR) is 85.7 cm³/mol. The van der Waals surface area contributed by atoms with Crippen LogP contribution < -0.4 is 5.32 Å². The summed E-state index contributed by atoms with van der Waals surface area (Å²) < 4.78 is 7.97.